The van der Waals surface area contributed by atoms with E-state index in [1.165, 1.54) is 13.2 Å². The van der Waals surface area contributed by atoms with Gasteiger partial charge in [-0.25, -0.2) is 0 Å². The zero-order valence-electron chi connectivity index (χ0n) is 14.0. The van der Waals surface area contributed by atoms with Gasteiger partial charge in [0.25, 0.3) is 11.8 Å². The predicted octanol–water partition coefficient (Wildman–Crippen LogP) is 2.26. The molecule has 0 saturated carbocycles. The van der Waals surface area contributed by atoms with Gasteiger partial charge in [0.15, 0.2) is 0 Å². The second-order valence-corrected chi connectivity index (χ2v) is 5.47. The molecule has 0 heterocycles. The Labute approximate surface area is 156 Å². The molecule has 134 valence electrons. The fraction of sp³-hybridized carbons (Fsp3) is 0.158. The largest absolute Gasteiger partial charge is 0.496 e. The number of carbonyl (C=O) groups is 2. The molecule has 0 aromatic heterocycles. The molecule has 26 heavy (non-hydrogen) atoms. The summed E-state index contributed by atoms with van der Waals surface area (Å²) >= 11 is 5.90. The van der Waals surface area contributed by atoms with Gasteiger partial charge < -0.3 is 20.5 Å². The maximum Gasteiger partial charge on any atom is 0.255 e. The quantitative estimate of drug-likeness (QED) is 0.761. The van der Waals surface area contributed by atoms with E-state index < -0.39 is 5.91 Å². The maximum atomic E-state index is 12.2. The number of rotatable bonds is 6. The molecule has 6 nitrogen and oxygen atoms in total. The summed E-state index contributed by atoms with van der Waals surface area (Å²) in [6, 6.07) is 11.4. The van der Waals surface area contributed by atoms with E-state index in [-0.39, 0.29) is 24.6 Å². The van der Waals surface area contributed by atoms with Gasteiger partial charge in [-0.3, -0.25) is 9.59 Å². The van der Waals surface area contributed by atoms with Crippen molar-refractivity contribution in [3.63, 3.8) is 0 Å². The molecule has 0 bridgehead atoms. The number of nitrogens with one attached hydrogen (secondary N) is 1. The summed E-state index contributed by atoms with van der Waals surface area (Å²) in [4.78, 5) is 23.4. The Morgan fingerprint density at radius 2 is 1.88 bits per heavy atom. The third-order valence-electron chi connectivity index (χ3n) is 3.32. The number of ether oxygens (including phenoxy) is 2. The molecular formula is C19H17ClN2O4. The Balaban J connectivity index is 1.87. The highest BCUT2D eigenvalue weighted by molar-refractivity contribution is 6.31. The van der Waals surface area contributed by atoms with Gasteiger partial charge in [-0.2, -0.15) is 0 Å². The minimum atomic E-state index is -0.573. The number of halogens is 1. The van der Waals surface area contributed by atoms with Crippen molar-refractivity contribution < 1.29 is 19.1 Å². The standard InChI is InChI=1S/C19H17ClN2O4/c1-25-16-9-8-13(20)12-15(16)19(24)22-10-4-5-11-26-17-7-3-2-6-14(17)18(21)23/h2-3,6-9,12H,10-11H2,1H3,(H2,21,23)(H,22,24). The first kappa shape index (κ1) is 19.2. The fourth-order valence-electron chi connectivity index (χ4n) is 2.10. The van der Waals surface area contributed by atoms with Crippen LogP contribution in [0.25, 0.3) is 0 Å². The van der Waals surface area contributed by atoms with Crippen molar-refractivity contribution in [2.75, 3.05) is 20.3 Å². The monoisotopic (exact) mass is 372 g/mol. The number of methoxy groups -OCH3 is 1. The molecule has 0 unspecified atom stereocenters. The van der Waals surface area contributed by atoms with Crippen LogP contribution in [0.15, 0.2) is 42.5 Å². The van der Waals surface area contributed by atoms with Crippen LogP contribution in [-0.2, 0) is 0 Å². The van der Waals surface area contributed by atoms with E-state index in [1.54, 1.807) is 36.4 Å². The fourth-order valence-corrected chi connectivity index (χ4v) is 2.27. The topological polar surface area (TPSA) is 90.7 Å². The third-order valence-corrected chi connectivity index (χ3v) is 3.56. The lowest BCUT2D eigenvalue weighted by Gasteiger charge is -2.08. The summed E-state index contributed by atoms with van der Waals surface area (Å²) < 4.78 is 10.6. The molecule has 2 aromatic rings. The van der Waals surface area contributed by atoms with Gasteiger partial charge in [0.2, 0.25) is 0 Å². The first-order valence-corrected chi connectivity index (χ1v) is 8.00. The molecule has 0 aliphatic carbocycles. The Kier molecular flexibility index (Phi) is 6.89. The highest BCUT2D eigenvalue weighted by Gasteiger charge is 2.12. The van der Waals surface area contributed by atoms with Crippen molar-refractivity contribution in [3.8, 4) is 23.3 Å². The summed E-state index contributed by atoms with van der Waals surface area (Å²) in [6.07, 6.45) is 0. The van der Waals surface area contributed by atoms with Crippen LogP contribution >= 0.6 is 11.6 Å². The van der Waals surface area contributed by atoms with Gasteiger partial charge in [-0.15, -0.1) is 0 Å². The average molecular weight is 373 g/mol. The van der Waals surface area contributed by atoms with E-state index in [1.807, 2.05) is 0 Å². The van der Waals surface area contributed by atoms with Crippen molar-refractivity contribution in [1.82, 2.24) is 5.32 Å². The van der Waals surface area contributed by atoms with Gasteiger partial charge in [-0.1, -0.05) is 35.6 Å². The van der Waals surface area contributed by atoms with E-state index in [9.17, 15) is 9.59 Å². The summed E-state index contributed by atoms with van der Waals surface area (Å²) in [5.41, 5.74) is 5.88. The average Bonchev–Trinajstić information content (AvgIpc) is 2.64. The van der Waals surface area contributed by atoms with Crippen molar-refractivity contribution in [2.24, 2.45) is 5.73 Å². The molecule has 0 spiro atoms. The minimum absolute atomic E-state index is 0.0562. The lowest BCUT2D eigenvalue weighted by Crippen LogP contribution is -2.24. The number of hydrogen-bond donors (Lipinski definition) is 2. The lowest BCUT2D eigenvalue weighted by atomic mass is 10.2. The summed E-state index contributed by atoms with van der Waals surface area (Å²) in [5.74, 6) is 5.37. The van der Waals surface area contributed by atoms with Gasteiger partial charge in [0.05, 0.1) is 24.8 Å². The number of nitrogens with two attached hydrogens (primary N) is 1. The zero-order chi connectivity index (χ0) is 18.9. The van der Waals surface area contributed by atoms with E-state index >= 15 is 0 Å². The first-order valence-electron chi connectivity index (χ1n) is 7.62. The molecule has 2 rings (SSSR count). The molecule has 3 N–H and O–H groups in total. The van der Waals surface area contributed by atoms with Gasteiger partial charge in [0.1, 0.15) is 18.1 Å². The molecule has 2 aromatic carbocycles. The molecule has 0 fully saturated rings. The Hall–Kier alpha value is -3.17. The van der Waals surface area contributed by atoms with E-state index in [0.29, 0.717) is 22.1 Å². The normalized spacial score (nSPS) is 9.62. The second kappa shape index (κ2) is 9.35. The summed E-state index contributed by atoms with van der Waals surface area (Å²) in [7, 11) is 1.47. The molecule has 0 aliphatic rings. The van der Waals surface area contributed by atoms with Crippen LogP contribution in [0.1, 0.15) is 20.7 Å². The smallest absolute Gasteiger partial charge is 0.255 e. The third kappa shape index (κ3) is 5.16. The number of carbonyl (C=O) groups excluding carboxylic acids is 2. The Morgan fingerprint density at radius 1 is 1.12 bits per heavy atom. The first-order chi connectivity index (χ1) is 12.5. The number of para-hydroxylation sites is 1. The molecule has 0 aliphatic heterocycles. The van der Waals surface area contributed by atoms with Crippen molar-refractivity contribution in [2.45, 2.75) is 0 Å². The van der Waals surface area contributed by atoms with Crippen molar-refractivity contribution in [1.29, 1.82) is 0 Å². The highest BCUT2D eigenvalue weighted by Crippen LogP contribution is 2.22. The van der Waals surface area contributed by atoms with Gasteiger partial charge >= 0.3 is 0 Å². The number of benzene rings is 2. The maximum absolute atomic E-state index is 12.2. The van der Waals surface area contributed by atoms with Crippen LogP contribution in [0, 0.1) is 11.8 Å². The van der Waals surface area contributed by atoms with E-state index in [0.717, 1.165) is 0 Å². The summed E-state index contributed by atoms with van der Waals surface area (Å²) in [5, 5.41) is 3.08. The Morgan fingerprint density at radius 3 is 2.62 bits per heavy atom. The number of primary amides is 1. The van der Waals surface area contributed by atoms with Crippen LogP contribution in [-0.4, -0.2) is 32.1 Å². The molecule has 7 heteroatoms. The van der Waals surface area contributed by atoms with Gasteiger partial charge in [-0.05, 0) is 30.3 Å². The molecule has 0 saturated heterocycles. The molecular weight excluding hydrogens is 356 g/mol. The van der Waals surface area contributed by atoms with E-state index in [2.05, 4.69) is 17.2 Å². The lowest BCUT2D eigenvalue weighted by molar-refractivity contribution is 0.0954. The number of amides is 2. The van der Waals surface area contributed by atoms with Crippen LogP contribution in [0.4, 0.5) is 0 Å². The Bertz CT molecular complexity index is 871. The van der Waals surface area contributed by atoms with Crippen LogP contribution in [0.2, 0.25) is 5.02 Å². The second-order valence-electron chi connectivity index (χ2n) is 5.03. The predicted molar refractivity (Wildman–Crippen MR) is 98.6 cm³/mol. The zero-order valence-corrected chi connectivity index (χ0v) is 14.8. The number of hydrogen-bond acceptors (Lipinski definition) is 4. The van der Waals surface area contributed by atoms with Crippen molar-refractivity contribution in [3.05, 3.63) is 58.6 Å². The van der Waals surface area contributed by atoms with Crippen LogP contribution in [0.3, 0.4) is 0 Å². The van der Waals surface area contributed by atoms with Crippen LogP contribution < -0.4 is 20.5 Å². The minimum Gasteiger partial charge on any atom is -0.496 e. The van der Waals surface area contributed by atoms with Gasteiger partial charge in [0, 0.05) is 5.02 Å². The SMILES string of the molecule is COc1ccc(Cl)cc1C(=O)NCC#CCOc1ccccc1C(N)=O. The van der Waals surface area contributed by atoms with E-state index in [4.69, 9.17) is 26.8 Å². The summed E-state index contributed by atoms with van der Waals surface area (Å²) in [6.45, 7) is 0.177. The molecule has 2 amide bonds. The molecule has 0 radical (unpaired) electrons. The van der Waals surface area contributed by atoms with Crippen LogP contribution in [0.5, 0.6) is 11.5 Å². The molecule has 0 atom stereocenters. The van der Waals surface area contributed by atoms with Crippen molar-refractivity contribution >= 4 is 23.4 Å². The highest BCUT2D eigenvalue weighted by atomic mass is 35.5.